The molecule has 0 bridgehead atoms. The Balaban J connectivity index is 1.57. The Hall–Kier alpha value is -1.65. The summed E-state index contributed by atoms with van der Waals surface area (Å²) in [6.45, 7) is 9.25. The van der Waals surface area contributed by atoms with Crippen molar-refractivity contribution in [3.63, 3.8) is 0 Å². The van der Waals surface area contributed by atoms with E-state index in [2.05, 4.69) is 28.6 Å². The number of likely N-dealkylation sites (tertiary alicyclic amines) is 1. The van der Waals surface area contributed by atoms with E-state index in [1.54, 1.807) is 0 Å². The van der Waals surface area contributed by atoms with Gasteiger partial charge in [0.15, 0.2) is 0 Å². The first-order valence-corrected chi connectivity index (χ1v) is 10.3. The highest BCUT2D eigenvalue weighted by atomic mass is 16.2. The van der Waals surface area contributed by atoms with Crippen LogP contribution in [0.4, 0.5) is 5.82 Å². The summed E-state index contributed by atoms with van der Waals surface area (Å²) < 4.78 is 0. The molecule has 2 saturated heterocycles. The Morgan fingerprint density at radius 1 is 1.00 bits per heavy atom. The molecule has 1 aromatic heterocycles. The van der Waals surface area contributed by atoms with E-state index in [9.17, 15) is 4.79 Å². The summed E-state index contributed by atoms with van der Waals surface area (Å²) >= 11 is 0. The lowest BCUT2D eigenvalue weighted by Gasteiger charge is -2.50. The van der Waals surface area contributed by atoms with Crippen LogP contribution in [0.5, 0.6) is 0 Å². The van der Waals surface area contributed by atoms with Crippen LogP contribution in [0.2, 0.25) is 0 Å². The predicted molar refractivity (Wildman–Crippen MR) is 103 cm³/mol. The molecular weight excluding hydrogens is 324 g/mol. The molecule has 1 spiro atoms. The molecule has 0 radical (unpaired) electrons. The minimum absolute atomic E-state index is 0.244. The molecule has 1 unspecified atom stereocenters. The quantitative estimate of drug-likeness (QED) is 0.813. The molecular formula is C21H32N4O. The second-order valence-corrected chi connectivity index (χ2v) is 8.79. The third-order valence-electron chi connectivity index (χ3n) is 6.90. The topological polar surface area (TPSA) is 49.3 Å². The van der Waals surface area contributed by atoms with E-state index < -0.39 is 0 Å². The van der Waals surface area contributed by atoms with E-state index in [0.717, 1.165) is 49.8 Å². The molecule has 4 rings (SSSR count). The first kappa shape index (κ1) is 17.7. The summed E-state index contributed by atoms with van der Waals surface area (Å²) in [7, 11) is 0. The third-order valence-corrected chi connectivity index (χ3v) is 6.90. The third kappa shape index (κ3) is 3.21. The largest absolute Gasteiger partial charge is 0.356 e. The number of hydrogen-bond donors (Lipinski definition) is 0. The highest BCUT2D eigenvalue weighted by Crippen LogP contribution is 2.42. The molecule has 1 amide bonds. The minimum atomic E-state index is 0.244. The van der Waals surface area contributed by atoms with E-state index in [-0.39, 0.29) is 5.41 Å². The number of carbonyl (C=O) groups excluding carboxylic acids is 1. The number of piperidine rings is 2. The summed E-state index contributed by atoms with van der Waals surface area (Å²) in [6.07, 6.45) is 9.16. The number of rotatable bonds is 2. The Morgan fingerprint density at radius 3 is 2.54 bits per heavy atom. The van der Waals surface area contributed by atoms with Gasteiger partial charge in [-0.2, -0.15) is 0 Å². The number of aryl methyl sites for hydroxylation is 2. The van der Waals surface area contributed by atoms with Crippen molar-refractivity contribution >= 4 is 11.7 Å². The molecule has 3 fully saturated rings. The molecule has 26 heavy (non-hydrogen) atoms. The molecule has 1 aromatic rings. The molecule has 1 aliphatic carbocycles. The summed E-state index contributed by atoms with van der Waals surface area (Å²) in [6, 6.07) is 0.500. The molecule has 0 aromatic carbocycles. The first-order chi connectivity index (χ1) is 12.5. The van der Waals surface area contributed by atoms with Crippen LogP contribution in [0.3, 0.4) is 0 Å². The Labute approximate surface area is 157 Å². The summed E-state index contributed by atoms with van der Waals surface area (Å²) in [5.41, 5.74) is 2.53. The Morgan fingerprint density at radius 2 is 1.77 bits per heavy atom. The standard InChI is InChI=1S/C21H32N4O/c1-15-16(2)22-17(3)23-20(15)24-12-6-10-21(13-24)11-9-19(26)25(14-21)18-7-4-5-8-18/h18H,4-14H2,1-3H3. The highest BCUT2D eigenvalue weighted by Gasteiger charge is 2.44. The van der Waals surface area contributed by atoms with Gasteiger partial charge in [-0.05, 0) is 52.9 Å². The van der Waals surface area contributed by atoms with Crippen LogP contribution in [0, 0.1) is 26.2 Å². The normalized spacial score (nSPS) is 27.6. The molecule has 5 heteroatoms. The summed E-state index contributed by atoms with van der Waals surface area (Å²) in [5, 5.41) is 0. The van der Waals surface area contributed by atoms with Crippen LogP contribution in [0.1, 0.15) is 68.4 Å². The lowest BCUT2D eigenvalue weighted by Crippen LogP contribution is -2.56. The lowest BCUT2D eigenvalue weighted by molar-refractivity contribution is -0.140. The van der Waals surface area contributed by atoms with Gasteiger partial charge in [0.25, 0.3) is 0 Å². The van der Waals surface area contributed by atoms with E-state index in [0.29, 0.717) is 11.9 Å². The average Bonchev–Trinajstić information content (AvgIpc) is 3.15. The van der Waals surface area contributed by atoms with Crippen molar-refractivity contribution in [1.82, 2.24) is 14.9 Å². The number of aromatic nitrogens is 2. The predicted octanol–water partition coefficient (Wildman–Crippen LogP) is 3.55. The minimum Gasteiger partial charge on any atom is -0.356 e. The zero-order valence-corrected chi connectivity index (χ0v) is 16.6. The molecule has 3 aliphatic rings. The Kier molecular flexibility index (Phi) is 4.66. The van der Waals surface area contributed by atoms with Gasteiger partial charge in [-0.3, -0.25) is 4.79 Å². The van der Waals surface area contributed by atoms with Gasteiger partial charge in [-0.25, -0.2) is 9.97 Å². The second-order valence-electron chi connectivity index (χ2n) is 8.79. The molecule has 5 nitrogen and oxygen atoms in total. The maximum atomic E-state index is 12.6. The molecule has 142 valence electrons. The SMILES string of the molecule is Cc1nc(C)c(C)c(N2CCCC3(CCC(=O)N(C4CCCC4)C3)C2)n1. The van der Waals surface area contributed by atoms with Gasteiger partial charge in [0.2, 0.25) is 5.91 Å². The van der Waals surface area contributed by atoms with Crippen molar-refractivity contribution in [2.45, 2.75) is 78.2 Å². The van der Waals surface area contributed by atoms with Gasteiger partial charge in [0.1, 0.15) is 11.6 Å². The number of nitrogens with zero attached hydrogens (tertiary/aromatic N) is 4. The van der Waals surface area contributed by atoms with Gasteiger partial charge in [0, 0.05) is 48.8 Å². The van der Waals surface area contributed by atoms with E-state index in [4.69, 9.17) is 4.98 Å². The van der Waals surface area contributed by atoms with Crippen LogP contribution < -0.4 is 4.90 Å². The highest BCUT2D eigenvalue weighted by molar-refractivity contribution is 5.77. The maximum Gasteiger partial charge on any atom is 0.222 e. The zero-order chi connectivity index (χ0) is 18.3. The van der Waals surface area contributed by atoms with E-state index in [1.807, 2.05) is 6.92 Å². The van der Waals surface area contributed by atoms with E-state index >= 15 is 0 Å². The monoisotopic (exact) mass is 356 g/mol. The van der Waals surface area contributed by atoms with Crippen LogP contribution in [0.15, 0.2) is 0 Å². The van der Waals surface area contributed by atoms with Gasteiger partial charge in [-0.1, -0.05) is 12.8 Å². The van der Waals surface area contributed by atoms with Crippen molar-refractivity contribution in [1.29, 1.82) is 0 Å². The van der Waals surface area contributed by atoms with Crippen molar-refractivity contribution in [3.8, 4) is 0 Å². The first-order valence-electron chi connectivity index (χ1n) is 10.3. The van der Waals surface area contributed by atoms with Crippen LogP contribution in [-0.2, 0) is 4.79 Å². The van der Waals surface area contributed by atoms with Crippen LogP contribution in [0.25, 0.3) is 0 Å². The van der Waals surface area contributed by atoms with Gasteiger partial charge in [0.05, 0.1) is 0 Å². The van der Waals surface area contributed by atoms with Gasteiger partial charge in [-0.15, -0.1) is 0 Å². The summed E-state index contributed by atoms with van der Waals surface area (Å²) in [5.74, 6) is 2.36. The van der Waals surface area contributed by atoms with Gasteiger partial charge < -0.3 is 9.80 Å². The van der Waals surface area contributed by atoms with Crippen LogP contribution in [-0.4, -0.2) is 46.5 Å². The molecule has 3 heterocycles. The second kappa shape index (κ2) is 6.82. The van der Waals surface area contributed by atoms with Crippen molar-refractivity contribution in [3.05, 3.63) is 17.1 Å². The molecule has 1 atom stereocenters. The molecule has 0 N–H and O–H groups in total. The maximum absolute atomic E-state index is 12.6. The number of carbonyl (C=O) groups is 1. The van der Waals surface area contributed by atoms with Crippen molar-refractivity contribution in [2.24, 2.45) is 5.41 Å². The average molecular weight is 357 g/mol. The fraction of sp³-hybridized carbons (Fsp3) is 0.762. The van der Waals surface area contributed by atoms with Crippen LogP contribution >= 0.6 is 0 Å². The fourth-order valence-electron chi connectivity index (χ4n) is 5.37. The molecule has 1 saturated carbocycles. The lowest BCUT2D eigenvalue weighted by atomic mass is 9.73. The van der Waals surface area contributed by atoms with Gasteiger partial charge >= 0.3 is 0 Å². The number of anilines is 1. The number of amides is 1. The van der Waals surface area contributed by atoms with E-state index in [1.165, 1.54) is 44.1 Å². The fourth-order valence-corrected chi connectivity index (χ4v) is 5.37. The zero-order valence-electron chi connectivity index (χ0n) is 16.6. The Bertz CT molecular complexity index is 697. The number of hydrogen-bond acceptors (Lipinski definition) is 4. The smallest absolute Gasteiger partial charge is 0.222 e. The van der Waals surface area contributed by atoms with Crippen molar-refractivity contribution < 1.29 is 4.79 Å². The summed E-state index contributed by atoms with van der Waals surface area (Å²) in [4.78, 5) is 26.6. The molecule has 2 aliphatic heterocycles. The van der Waals surface area contributed by atoms with Crippen molar-refractivity contribution in [2.75, 3.05) is 24.5 Å².